The van der Waals surface area contributed by atoms with E-state index in [0.717, 1.165) is 29.9 Å². The summed E-state index contributed by atoms with van der Waals surface area (Å²) >= 11 is 0. The highest BCUT2D eigenvalue weighted by atomic mass is 32.2. The van der Waals surface area contributed by atoms with Crippen molar-refractivity contribution in [3.05, 3.63) is 53.6 Å². The predicted molar refractivity (Wildman–Crippen MR) is 129 cm³/mol. The van der Waals surface area contributed by atoms with Crippen molar-refractivity contribution in [3.8, 4) is 11.5 Å². The average molecular weight is 499 g/mol. The van der Waals surface area contributed by atoms with Gasteiger partial charge in [0.2, 0.25) is 15.9 Å². The van der Waals surface area contributed by atoms with E-state index in [-0.39, 0.29) is 41.6 Å². The van der Waals surface area contributed by atoms with Gasteiger partial charge in [-0.1, -0.05) is 18.2 Å². The molecular formula is C26H30N2O6S. The van der Waals surface area contributed by atoms with Crippen LogP contribution < -0.4 is 9.47 Å². The van der Waals surface area contributed by atoms with E-state index < -0.39 is 10.0 Å². The Kier molecular flexibility index (Phi) is 6.55. The average Bonchev–Trinajstić information content (AvgIpc) is 3.38. The Hall–Kier alpha value is -2.91. The Morgan fingerprint density at radius 3 is 2.40 bits per heavy atom. The van der Waals surface area contributed by atoms with Crippen molar-refractivity contribution >= 4 is 21.7 Å². The first-order valence-electron chi connectivity index (χ1n) is 12.2. The molecule has 5 rings (SSSR count). The number of rotatable bonds is 5. The third kappa shape index (κ3) is 4.67. The molecule has 3 heterocycles. The van der Waals surface area contributed by atoms with Crippen molar-refractivity contribution < 1.29 is 27.5 Å². The third-order valence-corrected chi connectivity index (χ3v) is 9.06. The Bertz CT molecular complexity index is 1240. The minimum Gasteiger partial charge on any atom is -0.486 e. The molecule has 8 nitrogen and oxygen atoms in total. The highest BCUT2D eigenvalue weighted by Crippen LogP contribution is 2.39. The number of carbonyl (C=O) groups excluding carboxylic acids is 2. The SMILES string of the molecule is CC(=O)c1cccc(S(=O)(=O)N2CCC(C(=O)N3CCC[C@H]3c3ccc4c(c3)OCCO4)CC2)c1. The first-order chi connectivity index (χ1) is 16.8. The molecule has 0 saturated carbocycles. The van der Waals surface area contributed by atoms with E-state index in [9.17, 15) is 18.0 Å². The molecule has 0 radical (unpaired) electrons. The van der Waals surface area contributed by atoms with E-state index in [4.69, 9.17) is 9.47 Å². The molecule has 0 aromatic heterocycles. The molecule has 2 aromatic carbocycles. The largest absolute Gasteiger partial charge is 0.486 e. The molecule has 0 unspecified atom stereocenters. The summed E-state index contributed by atoms with van der Waals surface area (Å²) in [4.78, 5) is 27.2. The van der Waals surface area contributed by atoms with Crippen molar-refractivity contribution in [1.82, 2.24) is 9.21 Å². The molecule has 9 heteroatoms. The van der Waals surface area contributed by atoms with E-state index in [2.05, 4.69) is 0 Å². The van der Waals surface area contributed by atoms with E-state index in [1.165, 1.54) is 23.4 Å². The number of amides is 1. The number of benzene rings is 2. The van der Waals surface area contributed by atoms with Crippen molar-refractivity contribution in [2.45, 2.75) is 43.5 Å². The minimum absolute atomic E-state index is 0.00518. The van der Waals surface area contributed by atoms with Gasteiger partial charge in [0.15, 0.2) is 17.3 Å². The summed E-state index contributed by atoms with van der Waals surface area (Å²) in [6.45, 7) is 3.74. The number of ketones is 1. The number of likely N-dealkylation sites (tertiary alicyclic amines) is 1. The summed E-state index contributed by atoms with van der Waals surface area (Å²) in [7, 11) is -3.72. The maximum absolute atomic E-state index is 13.5. The molecule has 3 aliphatic rings. The van der Waals surface area contributed by atoms with Crippen LogP contribution in [0.4, 0.5) is 0 Å². The van der Waals surface area contributed by atoms with Gasteiger partial charge in [-0.05, 0) is 62.4 Å². The normalized spacial score (nSPS) is 21.2. The summed E-state index contributed by atoms with van der Waals surface area (Å²) in [6, 6.07) is 12.0. The van der Waals surface area contributed by atoms with Crippen molar-refractivity contribution in [2.75, 3.05) is 32.8 Å². The molecule has 0 bridgehead atoms. The minimum atomic E-state index is -3.72. The summed E-state index contributed by atoms with van der Waals surface area (Å²) in [5.74, 6) is 1.17. The van der Waals surface area contributed by atoms with Gasteiger partial charge in [-0.3, -0.25) is 9.59 Å². The number of hydrogen-bond donors (Lipinski definition) is 0. The number of piperidine rings is 1. The van der Waals surface area contributed by atoms with Gasteiger partial charge in [-0.2, -0.15) is 4.31 Å². The van der Waals surface area contributed by atoms with E-state index in [1.54, 1.807) is 12.1 Å². The van der Waals surface area contributed by atoms with Gasteiger partial charge in [0.25, 0.3) is 0 Å². The summed E-state index contributed by atoms with van der Waals surface area (Å²) in [5.41, 5.74) is 1.42. The highest BCUT2D eigenvalue weighted by Gasteiger charge is 2.38. The lowest BCUT2D eigenvalue weighted by atomic mass is 9.95. The fourth-order valence-electron chi connectivity index (χ4n) is 5.25. The van der Waals surface area contributed by atoms with Crippen LogP contribution in [0.2, 0.25) is 0 Å². The first-order valence-corrected chi connectivity index (χ1v) is 13.6. The zero-order chi connectivity index (χ0) is 24.6. The highest BCUT2D eigenvalue weighted by molar-refractivity contribution is 7.89. The molecule has 35 heavy (non-hydrogen) atoms. The standard InChI is InChI=1S/C26H30N2O6S/c1-18(29)20-4-2-5-22(16-20)35(31,32)27-12-9-19(10-13-27)26(30)28-11-3-6-23(28)21-7-8-24-25(17-21)34-15-14-33-24/h2,4-5,7-8,16-17,19,23H,3,6,9-15H2,1H3/t23-/m0/s1. The molecule has 186 valence electrons. The van der Waals surface area contributed by atoms with Crippen LogP contribution in [-0.4, -0.2) is 62.2 Å². The van der Waals surface area contributed by atoms with Gasteiger partial charge in [-0.25, -0.2) is 8.42 Å². The molecule has 0 aliphatic carbocycles. The van der Waals surface area contributed by atoms with Crippen LogP contribution in [0.5, 0.6) is 11.5 Å². The molecule has 1 atom stereocenters. The molecular weight excluding hydrogens is 468 g/mol. The van der Waals surface area contributed by atoms with E-state index in [1.807, 2.05) is 23.1 Å². The monoisotopic (exact) mass is 498 g/mol. The number of Topliss-reactive ketones (excluding diaryl/α,β-unsaturated/α-hetero) is 1. The Labute approximate surface area is 205 Å². The van der Waals surface area contributed by atoms with Gasteiger partial charge in [0, 0.05) is 31.1 Å². The molecule has 2 aromatic rings. The van der Waals surface area contributed by atoms with Crippen molar-refractivity contribution in [2.24, 2.45) is 5.92 Å². The topological polar surface area (TPSA) is 93.2 Å². The van der Waals surface area contributed by atoms with Crippen LogP contribution in [-0.2, 0) is 14.8 Å². The summed E-state index contributed by atoms with van der Waals surface area (Å²) < 4.78 is 39.1. The Morgan fingerprint density at radius 2 is 1.66 bits per heavy atom. The second-order valence-corrected chi connectivity index (χ2v) is 11.3. The number of ether oxygens (including phenoxy) is 2. The molecule has 3 aliphatic heterocycles. The summed E-state index contributed by atoms with van der Waals surface area (Å²) in [5, 5.41) is 0. The zero-order valence-corrected chi connectivity index (χ0v) is 20.6. The van der Waals surface area contributed by atoms with Crippen LogP contribution in [0.1, 0.15) is 54.6 Å². The maximum atomic E-state index is 13.5. The first kappa shape index (κ1) is 23.8. The van der Waals surface area contributed by atoms with Gasteiger partial charge in [-0.15, -0.1) is 0 Å². The number of fused-ring (bicyclic) bond motifs is 1. The second-order valence-electron chi connectivity index (χ2n) is 9.36. The van der Waals surface area contributed by atoms with Gasteiger partial charge < -0.3 is 14.4 Å². The Balaban J connectivity index is 1.26. The molecule has 0 spiro atoms. The van der Waals surface area contributed by atoms with Crippen LogP contribution >= 0.6 is 0 Å². The zero-order valence-electron chi connectivity index (χ0n) is 19.8. The predicted octanol–water partition coefficient (Wildman–Crippen LogP) is 3.42. The third-order valence-electron chi connectivity index (χ3n) is 7.17. The molecule has 2 fully saturated rings. The second kappa shape index (κ2) is 9.62. The number of sulfonamides is 1. The van der Waals surface area contributed by atoms with E-state index in [0.29, 0.717) is 38.2 Å². The lowest BCUT2D eigenvalue weighted by Gasteiger charge is -2.34. The van der Waals surface area contributed by atoms with Gasteiger partial charge in [0.05, 0.1) is 10.9 Å². The van der Waals surface area contributed by atoms with Crippen LogP contribution in [0.25, 0.3) is 0 Å². The van der Waals surface area contributed by atoms with Gasteiger partial charge in [0.1, 0.15) is 13.2 Å². The van der Waals surface area contributed by atoms with Crippen LogP contribution in [0.15, 0.2) is 47.4 Å². The quantitative estimate of drug-likeness (QED) is 0.587. The smallest absolute Gasteiger partial charge is 0.243 e. The van der Waals surface area contributed by atoms with Crippen LogP contribution in [0, 0.1) is 5.92 Å². The maximum Gasteiger partial charge on any atom is 0.243 e. The number of carbonyl (C=O) groups is 2. The molecule has 1 amide bonds. The molecule has 0 N–H and O–H groups in total. The fraction of sp³-hybridized carbons (Fsp3) is 0.462. The number of nitrogens with zero attached hydrogens (tertiary/aromatic N) is 2. The van der Waals surface area contributed by atoms with Crippen LogP contribution in [0.3, 0.4) is 0 Å². The summed E-state index contributed by atoms with van der Waals surface area (Å²) in [6.07, 6.45) is 2.79. The lowest BCUT2D eigenvalue weighted by Crippen LogP contribution is -2.44. The lowest BCUT2D eigenvalue weighted by molar-refractivity contribution is -0.137. The van der Waals surface area contributed by atoms with Crippen molar-refractivity contribution in [1.29, 1.82) is 0 Å². The van der Waals surface area contributed by atoms with E-state index >= 15 is 0 Å². The number of hydrogen-bond acceptors (Lipinski definition) is 6. The Morgan fingerprint density at radius 1 is 0.914 bits per heavy atom. The molecule has 2 saturated heterocycles. The van der Waals surface area contributed by atoms with Crippen molar-refractivity contribution in [3.63, 3.8) is 0 Å². The fourth-order valence-corrected chi connectivity index (χ4v) is 6.76. The van der Waals surface area contributed by atoms with Gasteiger partial charge >= 0.3 is 0 Å².